The number of ketones is 1. The predicted octanol–water partition coefficient (Wildman–Crippen LogP) is 4.12. The maximum atomic E-state index is 11.9. The molecule has 0 aromatic heterocycles. The van der Waals surface area contributed by atoms with Crippen LogP contribution in [0.3, 0.4) is 0 Å². The van der Waals surface area contributed by atoms with E-state index in [0.717, 1.165) is 36.8 Å². The van der Waals surface area contributed by atoms with Gasteiger partial charge in [0.1, 0.15) is 11.5 Å². The van der Waals surface area contributed by atoms with Gasteiger partial charge in [0, 0.05) is 24.8 Å². The summed E-state index contributed by atoms with van der Waals surface area (Å²) in [7, 11) is 1.39. The van der Waals surface area contributed by atoms with Gasteiger partial charge in [-0.3, -0.25) is 9.35 Å². The molecule has 3 saturated carbocycles. The van der Waals surface area contributed by atoms with Gasteiger partial charge < -0.3 is 14.8 Å². The van der Waals surface area contributed by atoms with Gasteiger partial charge in [-0.25, -0.2) is 0 Å². The zero-order valence-electron chi connectivity index (χ0n) is 20.8. The molecule has 0 radical (unpaired) electrons. The highest BCUT2D eigenvalue weighted by molar-refractivity contribution is 7.85. The third-order valence-corrected chi connectivity index (χ3v) is 9.72. The lowest BCUT2D eigenvalue weighted by atomic mass is 9.68. The molecule has 2 unspecified atom stereocenters. The summed E-state index contributed by atoms with van der Waals surface area (Å²) >= 11 is 0. The highest BCUT2D eigenvalue weighted by atomic mass is 32.2. The number of Topliss-reactive ketones (excluding diaryl/α,β-unsaturated/α-hetero) is 1. The van der Waals surface area contributed by atoms with Crippen LogP contribution in [0, 0.1) is 28.1 Å². The van der Waals surface area contributed by atoms with Crippen molar-refractivity contribution >= 4 is 15.9 Å². The van der Waals surface area contributed by atoms with Crippen molar-refractivity contribution in [1.29, 1.82) is 0 Å². The molecule has 8 heteroatoms. The molecule has 4 aliphatic rings. The number of carbonyl (C=O) groups is 1. The first kappa shape index (κ1) is 26.2. The molecule has 3 fully saturated rings. The maximum absolute atomic E-state index is 11.9. The smallest absolute Gasteiger partial charge is 0.265 e. The summed E-state index contributed by atoms with van der Waals surface area (Å²) < 4.78 is 41.8. The molecule has 2 bridgehead atoms. The summed E-state index contributed by atoms with van der Waals surface area (Å²) in [5, 5.41) is 3.34. The van der Waals surface area contributed by atoms with Gasteiger partial charge in [-0.1, -0.05) is 39.2 Å². The van der Waals surface area contributed by atoms with Crippen LogP contribution in [0.25, 0.3) is 0 Å². The van der Waals surface area contributed by atoms with Gasteiger partial charge in [0.25, 0.3) is 10.1 Å². The predicted molar refractivity (Wildman–Crippen MR) is 128 cm³/mol. The third kappa shape index (κ3) is 5.17. The monoisotopic (exact) mass is 483 g/mol. The van der Waals surface area contributed by atoms with Crippen LogP contribution in [0.2, 0.25) is 0 Å². The van der Waals surface area contributed by atoms with Gasteiger partial charge in [-0.15, -0.1) is 0 Å². The minimum atomic E-state index is -4.08. The van der Waals surface area contributed by atoms with Crippen LogP contribution < -0.4 is 5.32 Å². The molecule has 4 rings (SSSR count). The van der Waals surface area contributed by atoms with Crippen LogP contribution in [0.5, 0.6) is 0 Å². The van der Waals surface area contributed by atoms with Crippen LogP contribution in [0.1, 0.15) is 65.2 Å². The Morgan fingerprint density at radius 1 is 1.18 bits per heavy atom. The van der Waals surface area contributed by atoms with Crippen LogP contribution in [-0.2, 0) is 24.4 Å². The van der Waals surface area contributed by atoms with Gasteiger partial charge in [-0.2, -0.15) is 8.42 Å². The molecular weight excluding hydrogens is 442 g/mol. The average Bonchev–Trinajstić information content (AvgIpc) is 3.04. The van der Waals surface area contributed by atoms with Crippen LogP contribution in [0.15, 0.2) is 23.7 Å². The number of ether oxygens (including phenoxy) is 2. The first-order valence-electron chi connectivity index (χ1n) is 12.1. The average molecular weight is 484 g/mol. The first-order chi connectivity index (χ1) is 15.4. The summed E-state index contributed by atoms with van der Waals surface area (Å²) in [6.45, 7) is 4.89. The topological polar surface area (TPSA) is 102 Å². The summed E-state index contributed by atoms with van der Waals surface area (Å²) in [5.41, 5.74) is -0.918. The van der Waals surface area contributed by atoms with Crippen molar-refractivity contribution in [3.8, 4) is 0 Å². The number of fused-ring (bicyclic) bond motifs is 2. The molecule has 3 atom stereocenters. The van der Waals surface area contributed by atoms with E-state index >= 15 is 0 Å². The Morgan fingerprint density at radius 2 is 1.88 bits per heavy atom. The summed E-state index contributed by atoms with van der Waals surface area (Å²) in [6, 6.07) is 0. The number of allylic oxidation sites excluding steroid dienone is 2. The first-order valence-corrected chi connectivity index (χ1v) is 13.7. The van der Waals surface area contributed by atoms with E-state index in [0.29, 0.717) is 12.8 Å². The zero-order chi connectivity index (χ0) is 24.5. The van der Waals surface area contributed by atoms with Gasteiger partial charge >= 0.3 is 0 Å². The minimum absolute atomic E-state index is 0.0152. The fourth-order valence-corrected chi connectivity index (χ4v) is 7.84. The van der Waals surface area contributed by atoms with E-state index < -0.39 is 21.3 Å². The Balaban J connectivity index is 0.000000189. The Labute approximate surface area is 199 Å². The Morgan fingerprint density at radius 3 is 2.30 bits per heavy atom. The number of methoxy groups -OCH3 is 2. The van der Waals surface area contributed by atoms with Gasteiger partial charge in [-0.05, 0) is 49.6 Å². The van der Waals surface area contributed by atoms with E-state index in [9.17, 15) is 13.2 Å². The molecule has 7 nitrogen and oxygen atoms in total. The molecule has 0 spiro atoms. The second kappa shape index (κ2) is 9.70. The standard InChI is InChI=1S/C15H25NO2.C10H16O4S/c1-16-11-15(9-12-5-4-6-12)8-7-13(17-2)14(10-15)18-3;1-9(2)7-3-4-10(9,8(11)5-7)6-15(12,13)14/h7-8,12,16H,4-6,9-11H2,1-3H3;7H,3-6H2,1-2H3,(H,12,13,14)/t;7?,10-/m.1/s1. The van der Waals surface area contributed by atoms with Crippen LogP contribution in [0.4, 0.5) is 0 Å². The van der Waals surface area contributed by atoms with Crippen molar-refractivity contribution in [2.45, 2.75) is 65.2 Å². The highest BCUT2D eigenvalue weighted by Gasteiger charge is 2.65. The molecule has 188 valence electrons. The van der Waals surface area contributed by atoms with Gasteiger partial charge in [0.15, 0.2) is 5.76 Å². The molecule has 2 N–H and O–H groups in total. The van der Waals surface area contributed by atoms with E-state index in [1.807, 2.05) is 20.9 Å². The van der Waals surface area contributed by atoms with Gasteiger partial charge in [0.05, 0.1) is 25.4 Å². The van der Waals surface area contributed by atoms with Crippen LogP contribution in [-0.4, -0.2) is 52.3 Å². The molecule has 0 aromatic rings. The largest absolute Gasteiger partial charge is 0.497 e. The summed E-state index contributed by atoms with van der Waals surface area (Å²) in [4.78, 5) is 11.9. The molecule has 0 aromatic carbocycles. The Bertz CT molecular complexity index is 904. The third-order valence-electron chi connectivity index (χ3n) is 8.86. The van der Waals surface area contributed by atoms with E-state index in [1.54, 1.807) is 14.2 Å². The number of carbonyl (C=O) groups excluding carboxylic acids is 1. The van der Waals surface area contributed by atoms with E-state index in [1.165, 1.54) is 25.7 Å². The molecule has 0 heterocycles. The Hall–Kier alpha value is -1.38. The van der Waals surface area contributed by atoms with Crippen molar-refractivity contribution < 1.29 is 27.2 Å². The molecule has 0 aliphatic heterocycles. The van der Waals surface area contributed by atoms with Crippen molar-refractivity contribution in [2.75, 3.05) is 33.6 Å². The van der Waals surface area contributed by atoms with E-state index in [-0.39, 0.29) is 22.5 Å². The second-order valence-corrected chi connectivity index (χ2v) is 12.4. The number of hydrogen-bond donors (Lipinski definition) is 2. The molecule has 33 heavy (non-hydrogen) atoms. The Kier molecular flexibility index (Phi) is 7.71. The summed E-state index contributed by atoms with van der Waals surface area (Å²) in [5.74, 6) is 2.65. The zero-order valence-corrected chi connectivity index (χ0v) is 21.6. The SMILES string of the molecule is CC1(C)C2CC[C@@]1(CS(=O)(=O)O)C(=O)C2.CNCC1(CC2CCC2)C=CC(OC)=C(OC)C1. The number of hydrogen-bond acceptors (Lipinski definition) is 6. The molecule has 0 saturated heterocycles. The van der Waals surface area contributed by atoms with E-state index in [2.05, 4.69) is 17.5 Å². The number of rotatable bonds is 8. The maximum Gasteiger partial charge on any atom is 0.265 e. The fraction of sp³-hybridized carbons (Fsp3) is 0.800. The van der Waals surface area contributed by atoms with Crippen molar-refractivity contribution in [1.82, 2.24) is 5.32 Å². The van der Waals surface area contributed by atoms with E-state index in [4.69, 9.17) is 14.0 Å². The van der Waals surface area contributed by atoms with Gasteiger partial charge in [0.2, 0.25) is 0 Å². The summed E-state index contributed by atoms with van der Waals surface area (Å²) in [6.07, 6.45) is 12.8. The minimum Gasteiger partial charge on any atom is -0.497 e. The molecular formula is C25H41NO6S. The molecule has 4 aliphatic carbocycles. The molecule has 0 amide bonds. The lowest BCUT2D eigenvalue weighted by molar-refractivity contribution is -0.128. The van der Waals surface area contributed by atoms with Crippen molar-refractivity contribution in [3.05, 3.63) is 23.7 Å². The lowest BCUT2D eigenvalue weighted by Crippen LogP contribution is -2.42. The highest BCUT2D eigenvalue weighted by Crippen LogP contribution is 2.64. The number of nitrogens with one attached hydrogen (secondary N) is 1. The quantitative estimate of drug-likeness (QED) is 0.501. The lowest BCUT2D eigenvalue weighted by Gasteiger charge is -2.39. The van der Waals surface area contributed by atoms with Crippen LogP contribution >= 0.6 is 0 Å². The van der Waals surface area contributed by atoms with Crippen molar-refractivity contribution in [2.24, 2.45) is 28.1 Å². The fourth-order valence-electron chi connectivity index (χ4n) is 6.54. The van der Waals surface area contributed by atoms with Crippen molar-refractivity contribution in [3.63, 3.8) is 0 Å². The second-order valence-electron chi connectivity index (χ2n) is 11.0. The normalized spacial score (nSPS) is 32.9.